The summed E-state index contributed by atoms with van der Waals surface area (Å²) >= 11 is 18.4. The molecule has 0 saturated carbocycles. The SMILES string of the molecule is CN1CC(=O)N(CC2CN(S(=O)(=O)c3cccc(Cl)c3)c3cc(NC(=O)c4c(Cl)cccc4Cl)cnc3O2)C1=O. The molecule has 40 heavy (non-hydrogen) atoms. The molecule has 0 spiro atoms. The number of aromatic nitrogens is 1. The van der Waals surface area contributed by atoms with Gasteiger partial charge in [-0.3, -0.25) is 18.8 Å². The molecule has 1 saturated heterocycles. The predicted octanol–water partition coefficient (Wildman–Crippen LogP) is 4.14. The fourth-order valence-corrected chi connectivity index (χ4v) is 6.65. The van der Waals surface area contributed by atoms with Crippen molar-refractivity contribution in [1.29, 1.82) is 0 Å². The third-order valence-corrected chi connectivity index (χ3v) is 8.84. The standard InChI is InChI=1S/C25H20Cl3N5O6S/c1-31-13-21(34)32(25(31)36)11-16-12-33(40(37,38)17-5-2-4-14(26)8-17)20-9-15(10-29-24(20)39-16)30-23(35)22-18(27)6-3-7-19(22)28/h2-10,16H,11-13H2,1H3,(H,30,35). The van der Waals surface area contributed by atoms with Gasteiger partial charge in [0.1, 0.15) is 18.3 Å². The van der Waals surface area contributed by atoms with Gasteiger partial charge in [0.2, 0.25) is 11.8 Å². The summed E-state index contributed by atoms with van der Waals surface area (Å²) in [7, 11) is -2.75. The summed E-state index contributed by atoms with van der Waals surface area (Å²) < 4.78 is 34.6. The van der Waals surface area contributed by atoms with Gasteiger partial charge in [0.15, 0.2) is 0 Å². The molecule has 5 rings (SSSR count). The first-order valence-electron chi connectivity index (χ1n) is 11.7. The van der Waals surface area contributed by atoms with E-state index >= 15 is 0 Å². The lowest BCUT2D eigenvalue weighted by atomic mass is 10.2. The van der Waals surface area contributed by atoms with Gasteiger partial charge in [0, 0.05) is 12.1 Å². The molecule has 2 aliphatic rings. The van der Waals surface area contributed by atoms with Crippen molar-refractivity contribution in [3.63, 3.8) is 0 Å². The Morgan fingerprint density at radius 2 is 1.80 bits per heavy atom. The summed E-state index contributed by atoms with van der Waals surface area (Å²) in [5, 5.41) is 3.09. The first-order chi connectivity index (χ1) is 19.0. The maximum absolute atomic E-state index is 13.8. The highest BCUT2D eigenvalue weighted by Crippen LogP contribution is 2.38. The third kappa shape index (κ3) is 5.27. The molecular formula is C25H20Cl3N5O6S. The minimum absolute atomic E-state index is 0.0236. The lowest BCUT2D eigenvalue weighted by Crippen LogP contribution is -2.50. The number of hydrogen-bond acceptors (Lipinski definition) is 7. The van der Waals surface area contributed by atoms with Crippen LogP contribution in [0.15, 0.2) is 59.6 Å². The molecule has 2 aliphatic heterocycles. The molecule has 1 atom stereocenters. The van der Waals surface area contributed by atoms with E-state index in [1.54, 1.807) is 6.07 Å². The fraction of sp³-hybridized carbons (Fsp3) is 0.200. The zero-order valence-electron chi connectivity index (χ0n) is 20.7. The van der Waals surface area contributed by atoms with Crippen LogP contribution in [0.2, 0.25) is 15.1 Å². The molecule has 11 nitrogen and oxygen atoms in total. The molecule has 0 bridgehead atoms. The molecule has 3 heterocycles. The van der Waals surface area contributed by atoms with Crippen LogP contribution >= 0.6 is 34.8 Å². The number of likely N-dealkylation sites (N-methyl/N-ethyl adjacent to an activating group) is 1. The van der Waals surface area contributed by atoms with Crippen molar-refractivity contribution in [2.24, 2.45) is 0 Å². The first kappa shape index (κ1) is 28.0. The number of halogens is 3. The highest BCUT2D eigenvalue weighted by atomic mass is 35.5. The number of anilines is 2. The minimum Gasteiger partial charge on any atom is -0.469 e. The van der Waals surface area contributed by atoms with Gasteiger partial charge >= 0.3 is 6.03 Å². The molecule has 1 unspecified atom stereocenters. The van der Waals surface area contributed by atoms with Crippen LogP contribution in [0.5, 0.6) is 5.88 Å². The molecule has 15 heteroatoms. The van der Waals surface area contributed by atoms with Gasteiger partial charge in [-0.25, -0.2) is 18.2 Å². The smallest absolute Gasteiger partial charge is 0.327 e. The average molecular weight is 625 g/mol. The Kier molecular flexibility index (Phi) is 7.53. The van der Waals surface area contributed by atoms with E-state index in [4.69, 9.17) is 39.5 Å². The van der Waals surface area contributed by atoms with E-state index in [-0.39, 0.29) is 62.4 Å². The number of sulfonamides is 1. The van der Waals surface area contributed by atoms with Crippen LogP contribution in [0, 0.1) is 0 Å². The molecule has 3 aromatic rings. The Morgan fingerprint density at radius 1 is 1.10 bits per heavy atom. The number of imide groups is 1. The van der Waals surface area contributed by atoms with Crippen LogP contribution < -0.4 is 14.4 Å². The van der Waals surface area contributed by atoms with E-state index < -0.39 is 34.0 Å². The molecule has 1 fully saturated rings. The van der Waals surface area contributed by atoms with E-state index in [1.807, 2.05) is 0 Å². The number of carbonyl (C=O) groups is 3. The number of amides is 4. The van der Waals surface area contributed by atoms with Crippen molar-refractivity contribution in [3.8, 4) is 5.88 Å². The summed E-state index contributed by atoms with van der Waals surface area (Å²) in [6, 6.07) is 11.2. The van der Waals surface area contributed by atoms with Crippen LogP contribution in [0.4, 0.5) is 16.2 Å². The molecule has 2 aromatic carbocycles. The van der Waals surface area contributed by atoms with Gasteiger partial charge < -0.3 is 15.0 Å². The molecular weight excluding hydrogens is 605 g/mol. The number of nitrogens with one attached hydrogen (secondary N) is 1. The minimum atomic E-state index is -4.24. The monoisotopic (exact) mass is 623 g/mol. The number of nitrogens with zero attached hydrogens (tertiary/aromatic N) is 4. The number of urea groups is 1. The molecule has 4 amide bonds. The summed E-state index contributed by atoms with van der Waals surface area (Å²) in [5.74, 6) is -1.15. The zero-order valence-corrected chi connectivity index (χ0v) is 23.8. The largest absolute Gasteiger partial charge is 0.469 e. The molecule has 0 aliphatic carbocycles. The molecule has 1 N–H and O–H groups in total. The van der Waals surface area contributed by atoms with Crippen molar-refractivity contribution >= 4 is 74.0 Å². The van der Waals surface area contributed by atoms with Gasteiger partial charge in [-0.2, -0.15) is 0 Å². The number of pyridine rings is 1. The Bertz CT molecular complexity index is 1630. The number of ether oxygens (including phenoxy) is 1. The highest BCUT2D eigenvalue weighted by Gasteiger charge is 2.41. The summed E-state index contributed by atoms with van der Waals surface area (Å²) in [6.45, 7) is -0.560. The van der Waals surface area contributed by atoms with E-state index in [1.165, 1.54) is 60.6 Å². The second-order valence-corrected chi connectivity index (χ2v) is 12.1. The zero-order chi connectivity index (χ0) is 28.8. The lowest BCUT2D eigenvalue weighted by molar-refractivity contribution is -0.126. The fourth-order valence-electron chi connectivity index (χ4n) is 4.29. The van der Waals surface area contributed by atoms with Crippen LogP contribution in [-0.2, 0) is 14.8 Å². The summed E-state index contributed by atoms with van der Waals surface area (Å²) in [5.41, 5.74) is 0.197. The van der Waals surface area contributed by atoms with Gasteiger partial charge in [0.25, 0.3) is 15.9 Å². The van der Waals surface area contributed by atoms with Crippen molar-refractivity contribution in [1.82, 2.24) is 14.8 Å². The maximum atomic E-state index is 13.8. The number of fused-ring (bicyclic) bond motifs is 1. The Balaban J connectivity index is 1.51. The topological polar surface area (TPSA) is 129 Å². The van der Waals surface area contributed by atoms with Crippen LogP contribution in [0.25, 0.3) is 0 Å². The van der Waals surface area contributed by atoms with Gasteiger partial charge in [-0.15, -0.1) is 0 Å². The molecule has 1 aromatic heterocycles. The predicted molar refractivity (Wildman–Crippen MR) is 149 cm³/mol. The van der Waals surface area contributed by atoms with Crippen molar-refractivity contribution < 1.29 is 27.5 Å². The quantitative estimate of drug-likeness (QED) is 0.408. The van der Waals surface area contributed by atoms with E-state index in [0.717, 1.165) is 9.21 Å². The summed E-state index contributed by atoms with van der Waals surface area (Å²) in [4.78, 5) is 44.1. The van der Waals surface area contributed by atoms with Crippen molar-refractivity contribution in [2.75, 3.05) is 36.3 Å². The van der Waals surface area contributed by atoms with E-state index in [2.05, 4.69) is 10.3 Å². The van der Waals surface area contributed by atoms with Crippen LogP contribution in [0.1, 0.15) is 10.4 Å². The third-order valence-electron chi connectivity index (χ3n) is 6.20. The lowest BCUT2D eigenvalue weighted by Gasteiger charge is -2.35. The number of hydrogen-bond donors (Lipinski definition) is 1. The van der Waals surface area contributed by atoms with Crippen LogP contribution in [0.3, 0.4) is 0 Å². The van der Waals surface area contributed by atoms with Crippen molar-refractivity contribution in [2.45, 2.75) is 11.0 Å². The van der Waals surface area contributed by atoms with Gasteiger partial charge in [0.05, 0.1) is 45.5 Å². The number of carbonyl (C=O) groups excluding carboxylic acids is 3. The second kappa shape index (κ2) is 10.8. The van der Waals surface area contributed by atoms with E-state index in [0.29, 0.717) is 0 Å². The molecule has 208 valence electrons. The number of rotatable bonds is 6. The normalized spacial score (nSPS) is 17.1. The van der Waals surface area contributed by atoms with Gasteiger partial charge in [-0.05, 0) is 36.4 Å². The van der Waals surface area contributed by atoms with E-state index in [9.17, 15) is 22.8 Å². The molecule has 0 radical (unpaired) electrons. The highest BCUT2D eigenvalue weighted by molar-refractivity contribution is 7.92. The second-order valence-electron chi connectivity index (χ2n) is 8.98. The summed E-state index contributed by atoms with van der Waals surface area (Å²) in [6.07, 6.45) is 0.337. The number of benzene rings is 2. The Morgan fingerprint density at radius 3 is 2.45 bits per heavy atom. The Hall–Kier alpha value is -3.58. The van der Waals surface area contributed by atoms with Gasteiger partial charge in [-0.1, -0.05) is 46.9 Å². The van der Waals surface area contributed by atoms with Crippen molar-refractivity contribution in [3.05, 3.63) is 75.4 Å². The Labute approximate surface area is 244 Å². The maximum Gasteiger partial charge on any atom is 0.327 e. The van der Waals surface area contributed by atoms with Crippen LogP contribution in [-0.4, -0.2) is 73.8 Å². The first-order valence-corrected chi connectivity index (χ1v) is 14.3. The average Bonchev–Trinajstić information content (AvgIpc) is 3.14.